The topological polar surface area (TPSA) is 88.3 Å². The lowest BCUT2D eigenvalue weighted by Crippen LogP contribution is -2.30. The second-order valence-electron chi connectivity index (χ2n) is 6.39. The monoisotopic (exact) mass is 362 g/mol. The minimum Gasteiger partial charge on any atom is -0.481 e. The number of nitrogens with zero attached hydrogens (tertiary/aromatic N) is 4. The Hall–Kier alpha value is -2.41. The van der Waals surface area contributed by atoms with E-state index < -0.39 is 11.9 Å². The summed E-state index contributed by atoms with van der Waals surface area (Å²) >= 11 is 6.26. The van der Waals surface area contributed by atoms with E-state index in [0.717, 1.165) is 0 Å². The summed E-state index contributed by atoms with van der Waals surface area (Å²) < 4.78 is 1.59. The van der Waals surface area contributed by atoms with Crippen LogP contribution in [0.5, 0.6) is 0 Å². The van der Waals surface area contributed by atoms with E-state index in [4.69, 9.17) is 16.7 Å². The van der Waals surface area contributed by atoms with E-state index in [1.807, 2.05) is 32.0 Å². The molecule has 132 valence electrons. The molecule has 1 unspecified atom stereocenters. The Morgan fingerprint density at radius 3 is 2.64 bits per heavy atom. The van der Waals surface area contributed by atoms with Gasteiger partial charge in [-0.25, -0.2) is 9.67 Å². The van der Waals surface area contributed by atoms with Gasteiger partial charge in [0.05, 0.1) is 16.6 Å². The molecular weight excluding hydrogens is 344 g/mol. The SMILES string of the molecule is CC(C)c1nc(C(=O)N2CCC(C(=O)O)C2)nn1-c1ccccc1Cl. The molecule has 25 heavy (non-hydrogen) atoms. The van der Waals surface area contributed by atoms with E-state index in [-0.39, 0.29) is 24.2 Å². The van der Waals surface area contributed by atoms with Crippen LogP contribution in [0, 0.1) is 5.92 Å². The zero-order valence-corrected chi connectivity index (χ0v) is 14.8. The maximum Gasteiger partial charge on any atom is 0.308 e. The summed E-state index contributed by atoms with van der Waals surface area (Å²) in [5.74, 6) is -1.03. The molecule has 2 aromatic rings. The summed E-state index contributed by atoms with van der Waals surface area (Å²) in [6.45, 7) is 4.50. The zero-order valence-electron chi connectivity index (χ0n) is 14.0. The Morgan fingerprint density at radius 2 is 2.04 bits per heavy atom. The van der Waals surface area contributed by atoms with E-state index in [1.165, 1.54) is 4.90 Å². The molecule has 1 aliphatic rings. The van der Waals surface area contributed by atoms with Crippen LogP contribution in [-0.4, -0.2) is 49.7 Å². The van der Waals surface area contributed by atoms with Gasteiger partial charge >= 0.3 is 5.97 Å². The Kier molecular flexibility index (Phi) is 4.76. The number of likely N-dealkylation sites (tertiary alicyclic amines) is 1. The second-order valence-corrected chi connectivity index (χ2v) is 6.79. The summed E-state index contributed by atoms with van der Waals surface area (Å²) in [7, 11) is 0. The third-order valence-electron chi connectivity index (χ3n) is 4.25. The fourth-order valence-corrected chi connectivity index (χ4v) is 3.09. The highest BCUT2D eigenvalue weighted by molar-refractivity contribution is 6.32. The van der Waals surface area contributed by atoms with Crippen LogP contribution in [0.3, 0.4) is 0 Å². The molecule has 0 spiro atoms. The maximum absolute atomic E-state index is 12.7. The van der Waals surface area contributed by atoms with Gasteiger partial charge in [0.25, 0.3) is 5.91 Å². The fraction of sp³-hybridized carbons (Fsp3) is 0.412. The van der Waals surface area contributed by atoms with Gasteiger partial charge in [0, 0.05) is 19.0 Å². The Balaban J connectivity index is 1.94. The van der Waals surface area contributed by atoms with E-state index in [0.29, 0.717) is 29.5 Å². The lowest BCUT2D eigenvalue weighted by atomic mass is 10.1. The van der Waals surface area contributed by atoms with Crippen LogP contribution in [0.4, 0.5) is 0 Å². The van der Waals surface area contributed by atoms with Crippen molar-refractivity contribution < 1.29 is 14.7 Å². The third kappa shape index (κ3) is 3.37. The van der Waals surface area contributed by atoms with Gasteiger partial charge in [-0.1, -0.05) is 37.6 Å². The number of amides is 1. The number of para-hydroxylation sites is 1. The molecule has 1 amide bonds. The number of hydrogen-bond donors (Lipinski definition) is 1. The number of aliphatic carboxylic acids is 1. The minimum absolute atomic E-state index is 0.0377. The van der Waals surface area contributed by atoms with Crippen molar-refractivity contribution in [3.63, 3.8) is 0 Å². The second kappa shape index (κ2) is 6.84. The number of carboxylic acids is 1. The number of aromatic nitrogens is 3. The van der Waals surface area contributed by atoms with Crippen molar-refractivity contribution in [2.45, 2.75) is 26.2 Å². The molecule has 1 aromatic heterocycles. The third-order valence-corrected chi connectivity index (χ3v) is 4.56. The largest absolute Gasteiger partial charge is 0.481 e. The number of benzene rings is 1. The van der Waals surface area contributed by atoms with Gasteiger partial charge in [-0.2, -0.15) is 0 Å². The zero-order chi connectivity index (χ0) is 18.1. The average molecular weight is 363 g/mol. The molecule has 8 heteroatoms. The predicted molar refractivity (Wildman–Crippen MR) is 92.1 cm³/mol. The molecule has 1 atom stereocenters. The highest BCUT2D eigenvalue weighted by atomic mass is 35.5. The van der Waals surface area contributed by atoms with Gasteiger partial charge in [0.1, 0.15) is 5.82 Å². The van der Waals surface area contributed by atoms with E-state index in [9.17, 15) is 9.59 Å². The van der Waals surface area contributed by atoms with Gasteiger partial charge in [-0.05, 0) is 18.6 Å². The normalized spacial score (nSPS) is 17.3. The molecule has 0 radical (unpaired) electrons. The Morgan fingerprint density at radius 1 is 1.32 bits per heavy atom. The van der Waals surface area contributed by atoms with Crippen molar-refractivity contribution in [2.24, 2.45) is 5.92 Å². The van der Waals surface area contributed by atoms with Crippen LogP contribution in [0.15, 0.2) is 24.3 Å². The fourth-order valence-electron chi connectivity index (χ4n) is 2.88. The molecule has 0 aliphatic carbocycles. The standard InChI is InChI=1S/C17H19ClN4O3/c1-10(2)15-19-14(16(23)21-8-7-11(9-21)17(24)25)20-22(15)13-6-4-3-5-12(13)18/h3-6,10-11H,7-9H2,1-2H3,(H,24,25). The van der Waals surface area contributed by atoms with Gasteiger partial charge in [-0.15, -0.1) is 5.10 Å². The van der Waals surface area contributed by atoms with E-state index in [1.54, 1.807) is 10.7 Å². The van der Waals surface area contributed by atoms with Gasteiger partial charge in [0.2, 0.25) is 5.82 Å². The molecule has 0 bridgehead atoms. The number of halogens is 1. The quantitative estimate of drug-likeness (QED) is 0.903. The Bertz CT molecular complexity index is 818. The van der Waals surface area contributed by atoms with Crippen molar-refractivity contribution in [1.29, 1.82) is 0 Å². The number of carboxylic acid groups (broad SMARTS) is 1. The van der Waals surface area contributed by atoms with Gasteiger partial charge < -0.3 is 10.0 Å². The number of carbonyl (C=O) groups is 2. The first kappa shape index (κ1) is 17.4. The summed E-state index contributed by atoms with van der Waals surface area (Å²) in [6, 6.07) is 7.22. The van der Waals surface area contributed by atoms with Gasteiger partial charge in [0.15, 0.2) is 0 Å². The first-order valence-corrected chi connectivity index (χ1v) is 8.50. The minimum atomic E-state index is -0.882. The van der Waals surface area contributed by atoms with Crippen molar-refractivity contribution in [3.8, 4) is 5.69 Å². The molecule has 1 aliphatic heterocycles. The van der Waals surface area contributed by atoms with E-state index >= 15 is 0 Å². The van der Waals surface area contributed by atoms with Crippen LogP contribution < -0.4 is 0 Å². The molecule has 1 saturated heterocycles. The van der Waals surface area contributed by atoms with Crippen LogP contribution in [-0.2, 0) is 4.79 Å². The summed E-state index contributed by atoms with van der Waals surface area (Å²) in [5.41, 5.74) is 0.657. The molecule has 0 saturated carbocycles. The average Bonchev–Trinajstić information content (AvgIpc) is 3.22. The Labute approximate surface area is 150 Å². The first-order chi connectivity index (χ1) is 11.9. The van der Waals surface area contributed by atoms with Crippen molar-refractivity contribution in [1.82, 2.24) is 19.7 Å². The lowest BCUT2D eigenvalue weighted by molar-refractivity contribution is -0.141. The van der Waals surface area contributed by atoms with Crippen LogP contribution in [0.2, 0.25) is 5.02 Å². The summed E-state index contributed by atoms with van der Waals surface area (Å²) in [5, 5.41) is 14.0. The molecule has 1 fully saturated rings. The molecule has 1 aromatic carbocycles. The number of carbonyl (C=O) groups excluding carboxylic acids is 1. The first-order valence-electron chi connectivity index (χ1n) is 8.12. The van der Waals surface area contributed by atoms with Crippen LogP contribution >= 0.6 is 11.6 Å². The van der Waals surface area contributed by atoms with Crippen molar-refractivity contribution >= 4 is 23.5 Å². The van der Waals surface area contributed by atoms with E-state index in [2.05, 4.69) is 10.1 Å². The highest BCUT2D eigenvalue weighted by Gasteiger charge is 2.33. The van der Waals surface area contributed by atoms with Gasteiger partial charge in [-0.3, -0.25) is 9.59 Å². The van der Waals surface area contributed by atoms with Crippen molar-refractivity contribution in [2.75, 3.05) is 13.1 Å². The smallest absolute Gasteiger partial charge is 0.308 e. The van der Waals surface area contributed by atoms with Crippen LogP contribution in [0.25, 0.3) is 5.69 Å². The summed E-state index contributed by atoms with van der Waals surface area (Å²) in [6.07, 6.45) is 0.448. The number of rotatable bonds is 4. The van der Waals surface area contributed by atoms with Crippen LogP contribution in [0.1, 0.15) is 42.6 Å². The lowest BCUT2D eigenvalue weighted by Gasteiger charge is -2.13. The summed E-state index contributed by atoms with van der Waals surface area (Å²) in [4.78, 5) is 29.7. The highest BCUT2D eigenvalue weighted by Crippen LogP contribution is 2.25. The predicted octanol–water partition coefficient (Wildman–Crippen LogP) is 2.59. The molecule has 7 nitrogen and oxygen atoms in total. The molecule has 2 heterocycles. The molecule has 1 N–H and O–H groups in total. The molecule has 3 rings (SSSR count). The van der Waals surface area contributed by atoms with Crippen molar-refractivity contribution in [3.05, 3.63) is 40.9 Å². The molecular formula is C17H19ClN4O3. The maximum atomic E-state index is 12.7. The number of hydrogen-bond acceptors (Lipinski definition) is 4.